The molecule has 0 spiro atoms. The smallest absolute Gasteiger partial charge is 0.241 e. The molecule has 1 amide bonds. The third-order valence-electron chi connectivity index (χ3n) is 3.01. The first kappa shape index (κ1) is 12.4. The molecule has 3 nitrogen and oxygen atoms in total. The predicted octanol–water partition coefficient (Wildman–Crippen LogP) is 2.73. The van der Waals surface area contributed by atoms with Crippen molar-refractivity contribution in [3.8, 4) is 0 Å². The van der Waals surface area contributed by atoms with Crippen LogP contribution in [0.3, 0.4) is 0 Å². The average molecular weight is 253 g/mol. The first-order chi connectivity index (χ1) is 8.16. The summed E-state index contributed by atoms with van der Waals surface area (Å²) in [6.07, 6.45) is 3.15. The lowest BCUT2D eigenvalue weighted by molar-refractivity contribution is -0.118. The van der Waals surface area contributed by atoms with Gasteiger partial charge in [-0.25, -0.2) is 0 Å². The number of anilines is 1. The van der Waals surface area contributed by atoms with Gasteiger partial charge >= 0.3 is 0 Å². The van der Waals surface area contributed by atoms with Crippen molar-refractivity contribution in [2.45, 2.75) is 32.2 Å². The van der Waals surface area contributed by atoms with Crippen LogP contribution < -0.4 is 10.6 Å². The van der Waals surface area contributed by atoms with E-state index >= 15 is 0 Å². The first-order valence-electron chi connectivity index (χ1n) is 5.97. The molecule has 2 N–H and O–H groups in total. The van der Waals surface area contributed by atoms with E-state index in [4.69, 9.17) is 11.6 Å². The number of carbonyl (C=O) groups is 1. The van der Waals surface area contributed by atoms with Crippen LogP contribution >= 0.6 is 11.6 Å². The molecule has 0 bridgehead atoms. The van der Waals surface area contributed by atoms with Crippen molar-refractivity contribution in [1.82, 2.24) is 5.32 Å². The van der Waals surface area contributed by atoms with Crippen LogP contribution in [0.5, 0.6) is 0 Å². The van der Waals surface area contributed by atoms with E-state index in [1.54, 1.807) is 6.07 Å². The largest absolute Gasteiger partial charge is 0.323 e. The van der Waals surface area contributed by atoms with E-state index in [0.717, 1.165) is 31.4 Å². The summed E-state index contributed by atoms with van der Waals surface area (Å²) < 4.78 is 0. The number of benzene rings is 1. The van der Waals surface area contributed by atoms with Crippen LogP contribution in [-0.4, -0.2) is 18.5 Å². The van der Waals surface area contributed by atoms with E-state index < -0.39 is 0 Å². The summed E-state index contributed by atoms with van der Waals surface area (Å²) >= 11 is 6.04. The van der Waals surface area contributed by atoms with E-state index in [2.05, 4.69) is 10.6 Å². The Bertz CT molecular complexity index is 414. The minimum Gasteiger partial charge on any atom is -0.323 e. The fourth-order valence-electron chi connectivity index (χ4n) is 2.03. The third kappa shape index (κ3) is 3.20. The standard InChI is InChI=1S/C13H17ClN2O/c1-9-5-6-10(14)12(8-9)16-13(17)11-4-2-3-7-15-11/h5-6,8,11,15H,2-4,7H2,1H3,(H,16,17)/t11-/m0/s1. The summed E-state index contributed by atoms with van der Waals surface area (Å²) in [5.74, 6) is 0.0113. The number of rotatable bonds is 2. The number of piperidine rings is 1. The Morgan fingerprint density at radius 2 is 2.29 bits per heavy atom. The maximum Gasteiger partial charge on any atom is 0.241 e. The summed E-state index contributed by atoms with van der Waals surface area (Å²) in [6.45, 7) is 2.89. The van der Waals surface area contributed by atoms with Crippen LogP contribution in [0.4, 0.5) is 5.69 Å². The van der Waals surface area contributed by atoms with E-state index in [0.29, 0.717) is 10.7 Å². The zero-order chi connectivity index (χ0) is 12.3. The molecule has 1 aliphatic rings. The molecular weight excluding hydrogens is 236 g/mol. The lowest BCUT2D eigenvalue weighted by Crippen LogP contribution is -2.43. The number of amides is 1. The fraction of sp³-hybridized carbons (Fsp3) is 0.462. The van der Waals surface area contributed by atoms with Gasteiger partial charge in [0.2, 0.25) is 5.91 Å². The van der Waals surface area contributed by atoms with E-state index in [-0.39, 0.29) is 11.9 Å². The molecule has 17 heavy (non-hydrogen) atoms. The van der Waals surface area contributed by atoms with Gasteiger partial charge in [0, 0.05) is 0 Å². The molecule has 4 heteroatoms. The van der Waals surface area contributed by atoms with Crippen LogP contribution in [0, 0.1) is 6.92 Å². The molecule has 1 saturated heterocycles. The normalized spacial score (nSPS) is 20.0. The minimum absolute atomic E-state index is 0.0113. The summed E-state index contributed by atoms with van der Waals surface area (Å²) in [5, 5.41) is 6.69. The molecule has 0 aliphatic carbocycles. The van der Waals surface area contributed by atoms with Gasteiger partial charge < -0.3 is 10.6 Å². The highest BCUT2D eigenvalue weighted by Gasteiger charge is 2.20. The second kappa shape index (κ2) is 5.52. The molecule has 2 rings (SSSR count). The molecule has 0 saturated carbocycles. The SMILES string of the molecule is Cc1ccc(Cl)c(NC(=O)[C@@H]2CCCCN2)c1. The van der Waals surface area contributed by atoms with Gasteiger partial charge in [-0.1, -0.05) is 24.1 Å². The van der Waals surface area contributed by atoms with Crippen molar-refractivity contribution in [3.05, 3.63) is 28.8 Å². The Balaban J connectivity index is 2.04. The van der Waals surface area contributed by atoms with Gasteiger partial charge in [-0.3, -0.25) is 4.79 Å². The topological polar surface area (TPSA) is 41.1 Å². The molecule has 0 aromatic heterocycles. The number of halogens is 1. The van der Waals surface area contributed by atoms with Gasteiger partial charge in [-0.15, -0.1) is 0 Å². The average Bonchev–Trinajstić information content (AvgIpc) is 2.35. The van der Waals surface area contributed by atoms with E-state index in [1.807, 2.05) is 19.1 Å². The van der Waals surface area contributed by atoms with Crippen molar-refractivity contribution in [3.63, 3.8) is 0 Å². The molecule has 1 aliphatic heterocycles. The first-order valence-corrected chi connectivity index (χ1v) is 6.35. The quantitative estimate of drug-likeness (QED) is 0.850. The van der Waals surface area contributed by atoms with Gasteiger partial charge in [0.1, 0.15) is 0 Å². The molecular formula is C13H17ClN2O. The fourth-order valence-corrected chi connectivity index (χ4v) is 2.20. The third-order valence-corrected chi connectivity index (χ3v) is 3.34. The minimum atomic E-state index is -0.0830. The molecule has 1 heterocycles. The molecule has 0 unspecified atom stereocenters. The zero-order valence-corrected chi connectivity index (χ0v) is 10.7. The molecule has 1 fully saturated rings. The van der Waals surface area contributed by atoms with Gasteiger partial charge in [0.15, 0.2) is 0 Å². The van der Waals surface area contributed by atoms with Crippen LogP contribution in [0.2, 0.25) is 5.02 Å². The summed E-state index contributed by atoms with van der Waals surface area (Å²) in [5.41, 5.74) is 1.78. The molecule has 1 aromatic carbocycles. The summed E-state index contributed by atoms with van der Waals surface area (Å²) in [4.78, 5) is 12.0. The van der Waals surface area contributed by atoms with Crippen molar-refractivity contribution in [1.29, 1.82) is 0 Å². The second-order valence-electron chi connectivity index (χ2n) is 4.48. The lowest BCUT2D eigenvalue weighted by atomic mass is 10.0. The lowest BCUT2D eigenvalue weighted by Gasteiger charge is -2.22. The van der Waals surface area contributed by atoms with Gasteiger partial charge in [0.05, 0.1) is 16.8 Å². The molecule has 92 valence electrons. The predicted molar refractivity (Wildman–Crippen MR) is 70.5 cm³/mol. The highest BCUT2D eigenvalue weighted by molar-refractivity contribution is 6.33. The second-order valence-corrected chi connectivity index (χ2v) is 4.88. The van der Waals surface area contributed by atoms with Crippen LogP contribution in [-0.2, 0) is 4.79 Å². The van der Waals surface area contributed by atoms with E-state index in [9.17, 15) is 4.79 Å². The summed E-state index contributed by atoms with van der Waals surface area (Å²) in [6, 6.07) is 5.54. The zero-order valence-electron chi connectivity index (χ0n) is 9.92. The Morgan fingerprint density at radius 3 is 3.00 bits per heavy atom. The van der Waals surface area contributed by atoms with Crippen molar-refractivity contribution in [2.24, 2.45) is 0 Å². The van der Waals surface area contributed by atoms with Crippen molar-refractivity contribution < 1.29 is 4.79 Å². The number of carbonyl (C=O) groups excluding carboxylic acids is 1. The Labute approximate surface area is 107 Å². The maximum absolute atomic E-state index is 12.0. The summed E-state index contributed by atoms with van der Waals surface area (Å²) in [7, 11) is 0. The number of aryl methyl sites for hydroxylation is 1. The van der Waals surface area contributed by atoms with Gasteiger partial charge in [-0.05, 0) is 44.0 Å². The van der Waals surface area contributed by atoms with Crippen molar-refractivity contribution >= 4 is 23.2 Å². The maximum atomic E-state index is 12.0. The van der Waals surface area contributed by atoms with Crippen LogP contribution in [0.1, 0.15) is 24.8 Å². The monoisotopic (exact) mass is 252 g/mol. The number of hydrogen-bond acceptors (Lipinski definition) is 2. The van der Waals surface area contributed by atoms with Crippen molar-refractivity contribution in [2.75, 3.05) is 11.9 Å². The Hall–Kier alpha value is -1.06. The van der Waals surface area contributed by atoms with E-state index in [1.165, 1.54) is 0 Å². The van der Waals surface area contributed by atoms with Crippen LogP contribution in [0.25, 0.3) is 0 Å². The number of nitrogens with one attached hydrogen (secondary N) is 2. The molecule has 1 aromatic rings. The van der Waals surface area contributed by atoms with Gasteiger partial charge in [0.25, 0.3) is 0 Å². The molecule has 1 atom stereocenters. The Morgan fingerprint density at radius 1 is 1.47 bits per heavy atom. The highest BCUT2D eigenvalue weighted by Crippen LogP contribution is 2.23. The van der Waals surface area contributed by atoms with Gasteiger partial charge in [-0.2, -0.15) is 0 Å². The number of hydrogen-bond donors (Lipinski definition) is 2. The molecule has 0 radical (unpaired) electrons. The van der Waals surface area contributed by atoms with Crippen LogP contribution in [0.15, 0.2) is 18.2 Å². The highest BCUT2D eigenvalue weighted by atomic mass is 35.5. The Kier molecular flexibility index (Phi) is 4.02.